The number of rotatable bonds is 4. The lowest BCUT2D eigenvalue weighted by molar-refractivity contribution is 0.528. The van der Waals surface area contributed by atoms with E-state index in [2.05, 4.69) is 20.4 Å². The fraction of sp³-hybridized carbons (Fsp3) is 0.167. The van der Waals surface area contributed by atoms with Gasteiger partial charge in [-0.2, -0.15) is 0 Å². The van der Waals surface area contributed by atoms with Crippen LogP contribution in [0.2, 0.25) is 0 Å². The SMILES string of the molecule is Cc1ccccc1-c1nnc(CSc2nnc(N)s2)o1. The van der Waals surface area contributed by atoms with Crippen LogP contribution in [0.15, 0.2) is 33.0 Å². The van der Waals surface area contributed by atoms with Gasteiger partial charge in [0, 0.05) is 5.56 Å². The van der Waals surface area contributed by atoms with E-state index in [9.17, 15) is 0 Å². The first-order valence-electron chi connectivity index (χ1n) is 5.82. The number of aromatic nitrogens is 4. The molecule has 0 aliphatic carbocycles. The van der Waals surface area contributed by atoms with E-state index in [-0.39, 0.29) is 0 Å². The van der Waals surface area contributed by atoms with Gasteiger partial charge in [0.05, 0.1) is 5.75 Å². The highest BCUT2D eigenvalue weighted by atomic mass is 32.2. The van der Waals surface area contributed by atoms with Crippen LogP contribution in [0.25, 0.3) is 11.5 Å². The third kappa shape index (κ3) is 2.81. The molecule has 3 aromatic rings. The molecule has 0 amide bonds. The summed E-state index contributed by atoms with van der Waals surface area (Å²) in [6.45, 7) is 2.01. The van der Waals surface area contributed by atoms with Crippen molar-refractivity contribution in [3.05, 3.63) is 35.7 Å². The second-order valence-corrected chi connectivity index (χ2v) is 6.24. The van der Waals surface area contributed by atoms with E-state index in [0.717, 1.165) is 15.5 Å². The molecule has 3 rings (SSSR count). The number of anilines is 1. The van der Waals surface area contributed by atoms with Crippen molar-refractivity contribution in [2.24, 2.45) is 0 Å². The highest BCUT2D eigenvalue weighted by molar-refractivity contribution is 8.00. The predicted octanol–water partition coefficient (Wildman–Crippen LogP) is 2.77. The van der Waals surface area contributed by atoms with Crippen molar-refractivity contribution >= 4 is 28.2 Å². The molecule has 0 spiro atoms. The van der Waals surface area contributed by atoms with Crippen molar-refractivity contribution in [2.45, 2.75) is 17.0 Å². The van der Waals surface area contributed by atoms with Crippen molar-refractivity contribution in [3.63, 3.8) is 0 Å². The van der Waals surface area contributed by atoms with Crippen molar-refractivity contribution in [1.82, 2.24) is 20.4 Å². The van der Waals surface area contributed by atoms with Crippen LogP contribution in [0.3, 0.4) is 0 Å². The smallest absolute Gasteiger partial charge is 0.248 e. The number of nitrogens with zero attached hydrogens (tertiary/aromatic N) is 4. The third-order valence-electron chi connectivity index (χ3n) is 2.58. The summed E-state index contributed by atoms with van der Waals surface area (Å²) >= 11 is 2.82. The quantitative estimate of drug-likeness (QED) is 0.741. The Morgan fingerprint density at radius 2 is 2.05 bits per heavy atom. The van der Waals surface area contributed by atoms with E-state index in [1.165, 1.54) is 23.1 Å². The first-order valence-corrected chi connectivity index (χ1v) is 7.63. The second-order valence-electron chi connectivity index (χ2n) is 4.01. The molecule has 2 N–H and O–H groups in total. The molecule has 0 aliphatic heterocycles. The van der Waals surface area contributed by atoms with Crippen LogP contribution in [0.1, 0.15) is 11.5 Å². The van der Waals surface area contributed by atoms with Crippen LogP contribution in [0.4, 0.5) is 5.13 Å². The van der Waals surface area contributed by atoms with Gasteiger partial charge in [-0.1, -0.05) is 41.3 Å². The Balaban J connectivity index is 1.72. The summed E-state index contributed by atoms with van der Waals surface area (Å²) in [6.07, 6.45) is 0. The second kappa shape index (κ2) is 5.59. The first kappa shape index (κ1) is 13.1. The summed E-state index contributed by atoms with van der Waals surface area (Å²) in [5.41, 5.74) is 7.58. The van der Waals surface area contributed by atoms with Crippen LogP contribution in [0, 0.1) is 6.92 Å². The minimum absolute atomic E-state index is 0.457. The number of hydrogen-bond donors (Lipinski definition) is 1. The molecule has 0 saturated heterocycles. The zero-order chi connectivity index (χ0) is 13.9. The number of thioether (sulfide) groups is 1. The summed E-state index contributed by atoms with van der Waals surface area (Å²) in [4.78, 5) is 0. The molecule has 8 heteroatoms. The number of benzene rings is 1. The van der Waals surface area contributed by atoms with E-state index >= 15 is 0 Å². The van der Waals surface area contributed by atoms with Crippen molar-refractivity contribution in [2.75, 3.05) is 5.73 Å². The molecule has 2 aromatic heterocycles. The van der Waals surface area contributed by atoms with Crippen molar-refractivity contribution in [3.8, 4) is 11.5 Å². The molecule has 0 radical (unpaired) electrons. The largest absolute Gasteiger partial charge is 0.420 e. The zero-order valence-corrected chi connectivity index (χ0v) is 12.2. The van der Waals surface area contributed by atoms with Gasteiger partial charge in [-0.3, -0.25) is 0 Å². The average molecular weight is 305 g/mol. The molecule has 102 valence electrons. The predicted molar refractivity (Wildman–Crippen MR) is 78.4 cm³/mol. The molecule has 0 unspecified atom stereocenters. The summed E-state index contributed by atoms with van der Waals surface area (Å²) in [6, 6.07) is 7.90. The molecule has 6 nitrogen and oxygen atoms in total. The number of nitrogens with two attached hydrogens (primary N) is 1. The van der Waals surface area contributed by atoms with Gasteiger partial charge in [0.15, 0.2) is 4.34 Å². The Morgan fingerprint density at radius 3 is 2.80 bits per heavy atom. The number of aryl methyl sites for hydroxylation is 1. The topological polar surface area (TPSA) is 90.7 Å². The van der Waals surface area contributed by atoms with Gasteiger partial charge in [-0.15, -0.1) is 20.4 Å². The highest BCUT2D eigenvalue weighted by Gasteiger charge is 2.11. The minimum atomic E-state index is 0.457. The van der Waals surface area contributed by atoms with E-state index in [1.807, 2.05) is 31.2 Å². The van der Waals surface area contributed by atoms with Crippen LogP contribution < -0.4 is 5.73 Å². The van der Waals surface area contributed by atoms with E-state index in [1.54, 1.807) is 0 Å². The van der Waals surface area contributed by atoms with Crippen molar-refractivity contribution < 1.29 is 4.42 Å². The number of hydrogen-bond acceptors (Lipinski definition) is 8. The third-order valence-corrected chi connectivity index (χ3v) is 4.45. The Labute approximate surface area is 123 Å². The van der Waals surface area contributed by atoms with Crippen LogP contribution in [-0.4, -0.2) is 20.4 Å². The van der Waals surface area contributed by atoms with Crippen molar-refractivity contribution in [1.29, 1.82) is 0 Å². The van der Waals surface area contributed by atoms with E-state index in [0.29, 0.717) is 22.7 Å². The number of nitrogen functional groups attached to an aromatic ring is 1. The molecule has 0 saturated carbocycles. The molecule has 0 fully saturated rings. The molecule has 0 atom stereocenters. The molecular weight excluding hydrogens is 294 g/mol. The molecule has 1 aromatic carbocycles. The lowest BCUT2D eigenvalue weighted by Gasteiger charge is -1.98. The van der Waals surface area contributed by atoms with Gasteiger partial charge in [-0.25, -0.2) is 0 Å². The fourth-order valence-corrected chi connectivity index (χ4v) is 3.11. The normalized spacial score (nSPS) is 10.8. The molecule has 0 bridgehead atoms. The van der Waals surface area contributed by atoms with Crippen LogP contribution in [0.5, 0.6) is 0 Å². The van der Waals surface area contributed by atoms with Crippen LogP contribution in [-0.2, 0) is 5.75 Å². The molecule has 20 heavy (non-hydrogen) atoms. The van der Waals surface area contributed by atoms with Gasteiger partial charge >= 0.3 is 0 Å². The maximum absolute atomic E-state index is 5.66. The Kier molecular flexibility index (Phi) is 3.66. The minimum Gasteiger partial charge on any atom is -0.420 e. The Bertz CT molecular complexity index is 724. The molecular formula is C12H11N5OS2. The monoisotopic (exact) mass is 305 g/mol. The Morgan fingerprint density at radius 1 is 1.20 bits per heavy atom. The zero-order valence-electron chi connectivity index (χ0n) is 10.6. The van der Waals surface area contributed by atoms with E-state index < -0.39 is 0 Å². The molecule has 2 heterocycles. The standard InChI is InChI=1S/C12H11N5OS2/c1-7-4-2-3-5-8(7)10-15-14-9(18-10)6-19-12-17-16-11(13)20-12/h2-5H,6H2,1H3,(H2,13,16). The lowest BCUT2D eigenvalue weighted by atomic mass is 10.1. The summed E-state index contributed by atoms with van der Waals surface area (Å²) in [5, 5.41) is 16.3. The summed E-state index contributed by atoms with van der Waals surface area (Å²) < 4.78 is 6.45. The summed E-state index contributed by atoms with van der Waals surface area (Å²) in [5.74, 6) is 1.64. The Hall–Kier alpha value is -1.93. The van der Waals surface area contributed by atoms with Gasteiger partial charge in [0.2, 0.25) is 16.9 Å². The van der Waals surface area contributed by atoms with Crippen LogP contribution >= 0.6 is 23.1 Å². The highest BCUT2D eigenvalue weighted by Crippen LogP contribution is 2.28. The maximum Gasteiger partial charge on any atom is 0.248 e. The fourth-order valence-electron chi connectivity index (χ4n) is 1.64. The molecule has 0 aliphatic rings. The van der Waals surface area contributed by atoms with Gasteiger partial charge < -0.3 is 10.2 Å². The lowest BCUT2D eigenvalue weighted by Crippen LogP contribution is -1.81. The van der Waals surface area contributed by atoms with E-state index in [4.69, 9.17) is 10.2 Å². The van der Waals surface area contributed by atoms with Gasteiger partial charge in [0.1, 0.15) is 0 Å². The average Bonchev–Trinajstić information content (AvgIpc) is 3.06. The van der Waals surface area contributed by atoms with Gasteiger partial charge in [-0.05, 0) is 18.6 Å². The maximum atomic E-state index is 5.66. The first-order chi connectivity index (χ1) is 9.72. The summed E-state index contributed by atoms with van der Waals surface area (Å²) in [7, 11) is 0. The van der Waals surface area contributed by atoms with Gasteiger partial charge in [0.25, 0.3) is 0 Å².